The molecule has 2 aromatic rings. The van der Waals surface area contributed by atoms with Crippen molar-refractivity contribution in [2.75, 3.05) is 13.1 Å². The first-order chi connectivity index (χ1) is 13.1. The third kappa shape index (κ3) is 5.70. The van der Waals surface area contributed by atoms with Gasteiger partial charge in [-0.2, -0.15) is 0 Å². The van der Waals surface area contributed by atoms with E-state index in [-0.39, 0.29) is 5.91 Å². The number of nitrogens with zero attached hydrogens (tertiary/aromatic N) is 1. The Morgan fingerprint density at radius 3 is 2.63 bits per heavy atom. The number of nitrogens with one attached hydrogen (secondary N) is 1. The van der Waals surface area contributed by atoms with Gasteiger partial charge in [0, 0.05) is 31.8 Å². The molecule has 3 rings (SSSR count). The van der Waals surface area contributed by atoms with Crippen molar-refractivity contribution < 1.29 is 9.21 Å². The van der Waals surface area contributed by atoms with E-state index in [1.807, 2.05) is 6.07 Å². The molecule has 0 aliphatic heterocycles. The van der Waals surface area contributed by atoms with Crippen LogP contribution in [0.1, 0.15) is 62.2 Å². The smallest absolute Gasteiger partial charge is 0.220 e. The Morgan fingerprint density at radius 2 is 1.93 bits per heavy atom. The van der Waals surface area contributed by atoms with Crippen LogP contribution in [0.3, 0.4) is 0 Å². The van der Waals surface area contributed by atoms with E-state index in [0.717, 1.165) is 42.6 Å². The molecule has 1 amide bonds. The lowest BCUT2D eigenvalue weighted by molar-refractivity contribution is -0.121. The van der Waals surface area contributed by atoms with E-state index in [2.05, 4.69) is 61.3 Å². The van der Waals surface area contributed by atoms with Gasteiger partial charge in [0.15, 0.2) is 0 Å². The number of furan rings is 1. The van der Waals surface area contributed by atoms with Crippen LogP contribution in [0.2, 0.25) is 0 Å². The standard InChI is InChI=1S/C23H32N2O2/c1-4-25(5-2)16-19-8-6-7-18(14-19)15-24-23(26)12-10-20-9-11-22(27-20)21-13-17(21)3/h6-9,11,14,17,21H,4-5,10,12-13,15-16H2,1-3H3,(H,24,26). The molecule has 1 heterocycles. The normalized spacial score (nSPS) is 18.7. The minimum absolute atomic E-state index is 0.0712. The van der Waals surface area contributed by atoms with E-state index in [0.29, 0.717) is 25.3 Å². The first kappa shape index (κ1) is 19.7. The summed E-state index contributed by atoms with van der Waals surface area (Å²) in [5.74, 6) is 3.41. The zero-order valence-electron chi connectivity index (χ0n) is 16.8. The Kier molecular flexibility index (Phi) is 6.73. The molecule has 4 nitrogen and oxygen atoms in total. The fourth-order valence-electron chi connectivity index (χ4n) is 3.52. The van der Waals surface area contributed by atoms with E-state index < -0.39 is 0 Å². The minimum Gasteiger partial charge on any atom is -0.466 e. The Hall–Kier alpha value is -2.07. The average molecular weight is 369 g/mol. The maximum absolute atomic E-state index is 12.2. The van der Waals surface area contributed by atoms with Crippen LogP contribution in [0, 0.1) is 5.92 Å². The quantitative estimate of drug-likeness (QED) is 0.672. The Labute approximate surface area is 162 Å². The lowest BCUT2D eigenvalue weighted by atomic mass is 10.1. The monoisotopic (exact) mass is 368 g/mol. The Morgan fingerprint density at radius 1 is 1.19 bits per heavy atom. The number of carbonyl (C=O) groups is 1. The number of hydrogen-bond donors (Lipinski definition) is 1. The highest BCUT2D eigenvalue weighted by molar-refractivity contribution is 5.76. The highest BCUT2D eigenvalue weighted by Gasteiger charge is 2.36. The van der Waals surface area contributed by atoms with Crippen LogP contribution in [0.4, 0.5) is 0 Å². The second kappa shape index (κ2) is 9.23. The lowest BCUT2D eigenvalue weighted by Gasteiger charge is -2.18. The molecular formula is C23H32N2O2. The van der Waals surface area contributed by atoms with Crippen LogP contribution in [-0.4, -0.2) is 23.9 Å². The molecule has 0 radical (unpaired) electrons. The molecule has 4 heteroatoms. The zero-order valence-corrected chi connectivity index (χ0v) is 16.8. The third-order valence-electron chi connectivity index (χ3n) is 5.54. The van der Waals surface area contributed by atoms with Gasteiger partial charge in [-0.1, -0.05) is 45.0 Å². The summed E-state index contributed by atoms with van der Waals surface area (Å²) in [5, 5.41) is 3.03. The van der Waals surface area contributed by atoms with E-state index in [4.69, 9.17) is 4.42 Å². The van der Waals surface area contributed by atoms with Crippen molar-refractivity contribution in [2.24, 2.45) is 5.92 Å². The summed E-state index contributed by atoms with van der Waals surface area (Å²) < 4.78 is 5.88. The van der Waals surface area contributed by atoms with Gasteiger partial charge in [0.25, 0.3) is 0 Å². The van der Waals surface area contributed by atoms with Crippen molar-refractivity contribution in [3.05, 3.63) is 59.0 Å². The fourth-order valence-corrected chi connectivity index (χ4v) is 3.52. The van der Waals surface area contributed by atoms with Gasteiger partial charge in [-0.25, -0.2) is 0 Å². The summed E-state index contributed by atoms with van der Waals surface area (Å²) >= 11 is 0. The Balaban J connectivity index is 1.43. The molecule has 1 aromatic carbocycles. The highest BCUT2D eigenvalue weighted by Crippen LogP contribution is 2.47. The van der Waals surface area contributed by atoms with Gasteiger partial charge in [0.1, 0.15) is 11.5 Å². The van der Waals surface area contributed by atoms with E-state index in [9.17, 15) is 4.79 Å². The summed E-state index contributed by atoms with van der Waals surface area (Å²) in [7, 11) is 0. The van der Waals surface area contributed by atoms with Crippen molar-refractivity contribution in [1.29, 1.82) is 0 Å². The number of hydrogen-bond acceptors (Lipinski definition) is 3. The lowest BCUT2D eigenvalue weighted by Crippen LogP contribution is -2.24. The van der Waals surface area contributed by atoms with Crippen LogP contribution < -0.4 is 5.32 Å². The third-order valence-corrected chi connectivity index (χ3v) is 5.54. The van der Waals surface area contributed by atoms with E-state index in [1.54, 1.807) is 0 Å². The summed E-state index contributed by atoms with van der Waals surface area (Å²) in [5.41, 5.74) is 2.44. The first-order valence-corrected chi connectivity index (χ1v) is 10.2. The van der Waals surface area contributed by atoms with E-state index >= 15 is 0 Å². The van der Waals surface area contributed by atoms with Crippen LogP contribution in [0.25, 0.3) is 0 Å². The second-order valence-corrected chi connectivity index (χ2v) is 7.68. The van der Waals surface area contributed by atoms with Crippen molar-refractivity contribution >= 4 is 5.91 Å². The molecule has 146 valence electrons. The molecule has 1 aliphatic rings. The molecule has 1 fully saturated rings. The maximum Gasteiger partial charge on any atom is 0.220 e. The predicted octanol–water partition coefficient (Wildman–Crippen LogP) is 4.49. The number of rotatable bonds is 10. The number of amides is 1. The summed E-state index contributed by atoms with van der Waals surface area (Å²) in [6.07, 6.45) is 2.35. The van der Waals surface area contributed by atoms with Crippen molar-refractivity contribution in [2.45, 2.75) is 59.0 Å². The molecule has 0 saturated heterocycles. The second-order valence-electron chi connectivity index (χ2n) is 7.68. The highest BCUT2D eigenvalue weighted by atomic mass is 16.3. The molecule has 0 bridgehead atoms. The van der Waals surface area contributed by atoms with Gasteiger partial charge in [-0.05, 0) is 48.7 Å². The number of carbonyl (C=O) groups excluding carboxylic acids is 1. The van der Waals surface area contributed by atoms with Gasteiger partial charge >= 0.3 is 0 Å². The van der Waals surface area contributed by atoms with Crippen molar-refractivity contribution in [3.8, 4) is 0 Å². The Bertz CT molecular complexity index is 748. The maximum atomic E-state index is 12.2. The molecule has 1 N–H and O–H groups in total. The van der Waals surface area contributed by atoms with Crippen LogP contribution >= 0.6 is 0 Å². The molecule has 2 atom stereocenters. The van der Waals surface area contributed by atoms with Gasteiger partial charge in [0.05, 0.1) is 0 Å². The first-order valence-electron chi connectivity index (χ1n) is 10.2. The van der Waals surface area contributed by atoms with Gasteiger partial charge in [-0.3, -0.25) is 9.69 Å². The number of aryl methyl sites for hydroxylation is 1. The van der Waals surface area contributed by atoms with Gasteiger partial charge in [0.2, 0.25) is 5.91 Å². The summed E-state index contributed by atoms with van der Waals surface area (Å²) in [4.78, 5) is 14.6. The molecule has 1 saturated carbocycles. The largest absolute Gasteiger partial charge is 0.466 e. The van der Waals surface area contributed by atoms with Gasteiger partial charge in [-0.15, -0.1) is 0 Å². The summed E-state index contributed by atoms with van der Waals surface area (Å²) in [6, 6.07) is 12.6. The van der Waals surface area contributed by atoms with E-state index in [1.165, 1.54) is 12.0 Å². The molecule has 2 unspecified atom stereocenters. The van der Waals surface area contributed by atoms with Gasteiger partial charge < -0.3 is 9.73 Å². The predicted molar refractivity (Wildman–Crippen MR) is 108 cm³/mol. The fraction of sp³-hybridized carbons (Fsp3) is 0.522. The van der Waals surface area contributed by atoms with Crippen molar-refractivity contribution in [1.82, 2.24) is 10.2 Å². The average Bonchev–Trinajstić information content (AvgIpc) is 3.23. The topological polar surface area (TPSA) is 45.5 Å². The molecule has 1 aromatic heterocycles. The zero-order chi connectivity index (χ0) is 19.2. The van der Waals surface area contributed by atoms with Crippen LogP contribution in [-0.2, 0) is 24.3 Å². The molecule has 1 aliphatic carbocycles. The minimum atomic E-state index is 0.0712. The molecule has 0 spiro atoms. The summed E-state index contributed by atoms with van der Waals surface area (Å²) in [6.45, 7) is 10.2. The number of benzene rings is 1. The molecule has 27 heavy (non-hydrogen) atoms. The van der Waals surface area contributed by atoms with Crippen molar-refractivity contribution in [3.63, 3.8) is 0 Å². The molecular weight excluding hydrogens is 336 g/mol. The SMILES string of the molecule is CCN(CC)Cc1cccc(CNC(=O)CCc2ccc(C3CC3C)o2)c1. The van der Waals surface area contributed by atoms with Crippen LogP contribution in [0.5, 0.6) is 0 Å². The van der Waals surface area contributed by atoms with Crippen LogP contribution in [0.15, 0.2) is 40.8 Å².